The zero-order valence-electron chi connectivity index (χ0n) is 16.3. The highest BCUT2D eigenvalue weighted by Crippen LogP contribution is 2.25. The van der Waals surface area contributed by atoms with Gasteiger partial charge in [-0.25, -0.2) is 4.98 Å². The molecule has 3 aromatic heterocycles. The third kappa shape index (κ3) is 3.18. The summed E-state index contributed by atoms with van der Waals surface area (Å²) in [5.74, 6) is 0. The standard InChI is InChI=1S/C24H22N4O/c1-2-28-15-21(22-9-5-6-10-25-22)23(29)20-13-19(14-26-24(20)28)27-18-11-16-7-3-4-8-17(16)12-18/h3-10,13-15,18,27H,2,11-12H2,1H3. The van der Waals surface area contributed by atoms with Crippen LogP contribution >= 0.6 is 0 Å². The second kappa shape index (κ2) is 7.17. The Hall–Kier alpha value is -3.47. The summed E-state index contributed by atoms with van der Waals surface area (Å²) in [6.07, 6.45) is 7.38. The third-order valence-electron chi connectivity index (χ3n) is 5.62. The van der Waals surface area contributed by atoms with Crippen molar-refractivity contribution in [2.75, 3.05) is 5.32 Å². The normalized spacial score (nSPS) is 13.6. The summed E-state index contributed by atoms with van der Waals surface area (Å²) >= 11 is 0. The zero-order chi connectivity index (χ0) is 19.8. The second-order valence-electron chi connectivity index (χ2n) is 7.49. The lowest BCUT2D eigenvalue weighted by molar-refractivity contribution is 0.769. The van der Waals surface area contributed by atoms with Crippen molar-refractivity contribution in [3.05, 3.63) is 88.5 Å². The predicted octanol–water partition coefficient (Wildman–Crippen LogP) is 4.06. The molecule has 0 bridgehead atoms. The molecule has 0 unspecified atom stereocenters. The van der Waals surface area contributed by atoms with Gasteiger partial charge in [0.15, 0.2) is 5.43 Å². The molecule has 1 aromatic carbocycles. The lowest BCUT2D eigenvalue weighted by atomic mass is 10.1. The first-order valence-electron chi connectivity index (χ1n) is 10.0. The minimum absolute atomic E-state index is 0.0331. The van der Waals surface area contributed by atoms with Gasteiger partial charge in [0.05, 0.1) is 28.5 Å². The van der Waals surface area contributed by atoms with Crippen molar-refractivity contribution in [2.45, 2.75) is 32.4 Å². The Labute approximate surface area is 169 Å². The van der Waals surface area contributed by atoms with Gasteiger partial charge in [0.1, 0.15) is 5.65 Å². The van der Waals surface area contributed by atoms with Crippen LogP contribution in [-0.4, -0.2) is 20.6 Å². The number of aryl methyl sites for hydroxylation is 1. The quantitative estimate of drug-likeness (QED) is 0.578. The molecule has 0 radical (unpaired) electrons. The molecule has 0 saturated carbocycles. The van der Waals surface area contributed by atoms with E-state index in [9.17, 15) is 4.79 Å². The molecule has 1 aliphatic rings. The van der Waals surface area contributed by atoms with Gasteiger partial charge < -0.3 is 9.88 Å². The van der Waals surface area contributed by atoms with Crippen molar-refractivity contribution in [3.63, 3.8) is 0 Å². The number of hydrogen-bond donors (Lipinski definition) is 1. The van der Waals surface area contributed by atoms with E-state index in [2.05, 4.69) is 46.5 Å². The molecule has 0 amide bonds. The summed E-state index contributed by atoms with van der Waals surface area (Å²) in [7, 11) is 0. The van der Waals surface area contributed by atoms with E-state index < -0.39 is 0 Å². The molecule has 5 rings (SSSR count). The molecule has 0 fully saturated rings. The summed E-state index contributed by atoms with van der Waals surface area (Å²) in [5.41, 5.74) is 5.63. The summed E-state index contributed by atoms with van der Waals surface area (Å²) in [4.78, 5) is 22.2. The number of rotatable bonds is 4. The first-order chi connectivity index (χ1) is 14.2. The second-order valence-corrected chi connectivity index (χ2v) is 7.49. The van der Waals surface area contributed by atoms with E-state index in [1.165, 1.54) is 11.1 Å². The highest BCUT2D eigenvalue weighted by atomic mass is 16.1. The Kier molecular flexibility index (Phi) is 4.35. The van der Waals surface area contributed by atoms with Crippen molar-refractivity contribution in [1.29, 1.82) is 0 Å². The summed E-state index contributed by atoms with van der Waals surface area (Å²) in [6.45, 7) is 2.78. The average molecular weight is 382 g/mol. The van der Waals surface area contributed by atoms with Crippen LogP contribution in [0.3, 0.4) is 0 Å². The molecule has 1 aliphatic carbocycles. The highest BCUT2D eigenvalue weighted by Gasteiger charge is 2.21. The van der Waals surface area contributed by atoms with Crippen molar-refractivity contribution >= 4 is 16.7 Å². The predicted molar refractivity (Wildman–Crippen MR) is 116 cm³/mol. The van der Waals surface area contributed by atoms with E-state index in [1.54, 1.807) is 6.20 Å². The van der Waals surface area contributed by atoms with Crippen LogP contribution in [0.15, 0.2) is 71.9 Å². The third-order valence-corrected chi connectivity index (χ3v) is 5.62. The smallest absolute Gasteiger partial charge is 0.200 e. The fraction of sp³-hybridized carbons (Fsp3) is 0.208. The van der Waals surface area contributed by atoms with Crippen LogP contribution in [0.4, 0.5) is 5.69 Å². The SMILES string of the molecule is CCn1cc(-c2ccccn2)c(=O)c2cc(NC3Cc4ccccc4C3)cnc21. The van der Waals surface area contributed by atoms with Gasteiger partial charge in [0, 0.05) is 25.0 Å². The summed E-state index contributed by atoms with van der Waals surface area (Å²) < 4.78 is 2.01. The maximum Gasteiger partial charge on any atom is 0.200 e. The Morgan fingerprint density at radius 1 is 1.07 bits per heavy atom. The van der Waals surface area contributed by atoms with Crippen LogP contribution in [0.5, 0.6) is 0 Å². The lowest BCUT2D eigenvalue weighted by Gasteiger charge is -2.15. The molecule has 5 nitrogen and oxygen atoms in total. The molecule has 0 saturated heterocycles. The van der Waals surface area contributed by atoms with Crippen LogP contribution < -0.4 is 10.7 Å². The molecule has 4 aromatic rings. The van der Waals surface area contributed by atoms with Gasteiger partial charge >= 0.3 is 0 Å². The van der Waals surface area contributed by atoms with Gasteiger partial charge in [-0.05, 0) is 49.1 Å². The van der Waals surface area contributed by atoms with E-state index >= 15 is 0 Å². The van der Waals surface area contributed by atoms with Gasteiger partial charge in [-0.3, -0.25) is 9.78 Å². The number of anilines is 1. The minimum Gasteiger partial charge on any atom is -0.380 e. The fourth-order valence-corrected chi connectivity index (χ4v) is 4.20. The number of pyridine rings is 3. The zero-order valence-corrected chi connectivity index (χ0v) is 16.3. The molecule has 3 heterocycles. The van der Waals surface area contributed by atoms with Crippen LogP contribution in [0.2, 0.25) is 0 Å². The lowest BCUT2D eigenvalue weighted by Crippen LogP contribution is -2.20. The van der Waals surface area contributed by atoms with Crippen molar-refractivity contribution in [1.82, 2.24) is 14.5 Å². The van der Waals surface area contributed by atoms with Gasteiger partial charge in [0.25, 0.3) is 0 Å². The fourth-order valence-electron chi connectivity index (χ4n) is 4.20. The van der Waals surface area contributed by atoms with Crippen molar-refractivity contribution < 1.29 is 0 Å². The molecule has 29 heavy (non-hydrogen) atoms. The Bertz CT molecular complexity index is 1220. The van der Waals surface area contributed by atoms with E-state index in [0.29, 0.717) is 28.3 Å². The first kappa shape index (κ1) is 17.6. The molecular formula is C24H22N4O. The molecule has 0 aliphatic heterocycles. The largest absolute Gasteiger partial charge is 0.380 e. The van der Waals surface area contributed by atoms with E-state index in [0.717, 1.165) is 25.1 Å². The number of fused-ring (bicyclic) bond motifs is 2. The van der Waals surface area contributed by atoms with Crippen LogP contribution in [-0.2, 0) is 19.4 Å². The summed E-state index contributed by atoms with van der Waals surface area (Å²) in [5, 5.41) is 4.20. The van der Waals surface area contributed by atoms with Crippen molar-refractivity contribution in [3.8, 4) is 11.3 Å². The topological polar surface area (TPSA) is 59.8 Å². The number of nitrogens with zero attached hydrogens (tertiary/aromatic N) is 3. The Morgan fingerprint density at radius 3 is 2.52 bits per heavy atom. The molecule has 0 spiro atoms. The number of aromatic nitrogens is 3. The van der Waals surface area contributed by atoms with Crippen LogP contribution in [0.1, 0.15) is 18.1 Å². The van der Waals surface area contributed by atoms with Crippen LogP contribution in [0.25, 0.3) is 22.3 Å². The van der Waals surface area contributed by atoms with Gasteiger partial charge in [-0.2, -0.15) is 0 Å². The molecular weight excluding hydrogens is 360 g/mol. The van der Waals surface area contributed by atoms with Crippen molar-refractivity contribution in [2.24, 2.45) is 0 Å². The van der Waals surface area contributed by atoms with Gasteiger partial charge in [-0.15, -0.1) is 0 Å². The Morgan fingerprint density at radius 2 is 1.83 bits per heavy atom. The first-order valence-corrected chi connectivity index (χ1v) is 10.0. The van der Waals surface area contributed by atoms with Gasteiger partial charge in [0.2, 0.25) is 0 Å². The average Bonchev–Trinajstić information content (AvgIpc) is 3.17. The molecule has 144 valence electrons. The monoisotopic (exact) mass is 382 g/mol. The van der Waals surface area contributed by atoms with Gasteiger partial charge in [-0.1, -0.05) is 30.3 Å². The maximum absolute atomic E-state index is 13.2. The van der Waals surface area contributed by atoms with E-state index in [4.69, 9.17) is 0 Å². The van der Waals surface area contributed by atoms with E-state index in [-0.39, 0.29) is 5.43 Å². The van der Waals surface area contributed by atoms with E-state index in [1.807, 2.05) is 41.2 Å². The summed E-state index contributed by atoms with van der Waals surface area (Å²) in [6, 6.07) is 16.4. The minimum atomic E-state index is -0.0331. The van der Waals surface area contributed by atoms with Crippen LogP contribution in [0, 0.1) is 0 Å². The molecule has 0 atom stereocenters. The maximum atomic E-state index is 13.2. The number of nitrogens with one attached hydrogen (secondary N) is 1. The number of benzene rings is 1. The molecule has 5 heteroatoms. The number of hydrogen-bond acceptors (Lipinski definition) is 4. The highest BCUT2D eigenvalue weighted by molar-refractivity contribution is 5.83. The molecule has 1 N–H and O–H groups in total. The Balaban J connectivity index is 1.54.